The first kappa shape index (κ1) is 25.9. The van der Waals surface area contributed by atoms with Crippen LogP contribution in [-0.4, -0.2) is 46.0 Å². The van der Waals surface area contributed by atoms with Crippen molar-refractivity contribution in [3.8, 4) is 0 Å². The van der Waals surface area contributed by atoms with E-state index in [0.29, 0.717) is 0 Å². The largest absolute Gasteiger partial charge is 0.464 e. The molecule has 1 aromatic rings. The van der Waals surface area contributed by atoms with Gasteiger partial charge in [-0.25, -0.2) is 4.79 Å². The molecule has 1 aliphatic carbocycles. The zero-order chi connectivity index (χ0) is 22.9. The van der Waals surface area contributed by atoms with Crippen molar-refractivity contribution in [3.63, 3.8) is 0 Å². The number of benzene rings is 1. The second-order valence-electron chi connectivity index (χ2n) is 7.92. The van der Waals surface area contributed by atoms with E-state index in [-0.39, 0.29) is 36.8 Å². The molecule has 0 saturated heterocycles. The molecule has 0 radical (unpaired) electrons. The van der Waals surface area contributed by atoms with Crippen LogP contribution >= 0.6 is 8.46 Å². The van der Waals surface area contributed by atoms with Crippen molar-refractivity contribution < 1.29 is 31.4 Å². The van der Waals surface area contributed by atoms with Gasteiger partial charge in [-0.15, -0.1) is 0 Å². The first-order valence-electron chi connectivity index (χ1n) is 10.9. The molecule has 0 aliphatic heterocycles. The minimum atomic E-state index is -4.02. The average molecular weight is 474 g/mol. The summed E-state index contributed by atoms with van der Waals surface area (Å²) in [5, 5.41) is 0. The van der Waals surface area contributed by atoms with Gasteiger partial charge >= 0.3 is 14.4 Å². The molecule has 9 heteroatoms. The minimum Gasteiger partial charge on any atom is -0.464 e. The molecule has 0 amide bonds. The quantitative estimate of drug-likeness (QED) is 0.254. The van der Waals surface area contributed by atoms with E-state index in [1.54, 1.807) is 26.0 Å². The third-order valence-corrected chi connectivity index (χ3v) is 7.85. The Labute approximate surface area is 187 Å². The number of aryl methyl sites for hydroxylation is 1. The van der Waals surface area contributed by atoms with Crippen molar-refractivity contribution >= 4 is 24.5 Å². The third kappa shape index (κ3) is 6.58. The van der Waals surface area contributed by atoms with E-state index < -0.39 is 36.1 Å². The predicted molar refractivity (Wildman–Crippen MR) is 119 cm³/mol. The van der Waals surface area contributed by atoms with Crippen LogP contribution in [0.25, 0.3) is 0 Å². The maximum absolute atomic E-state index is 13.1. The van der Waals surface area contributed by atoms with E-state index in [1.807, 2.05) is 6.92 Å². The standard InChI is InChI=1S/C22H33O7PS/c1-4-27-21(23)22(16-30-24,28-5-2)20(18-9-7-6-8-10-18)15-29-31(25,26)19-13-11-17(3)12-14-19/h11-14,18,20H,4-10,15-16H2,1-3H3/p+1. The molecule has 0 N–H and O–H groups in total. The number of hydrogen-bond acceptors (Lipinski definition) is 7. The van der Waals surface area contributed by atoms with Crippen molar-refractivity contribution in [2.75, 3.05) is 26.0 Å². The van der Waals surface area contributed by atoms with E-state index in [2.05, 4.69) is 0 Å². The van der Waals surface area contributed by atoms with Gasteiger partial charge in [-0.3, -0.25) is 4.18 Å². The van der Waals surface area contributed by atoms with Crippen molar-refractivity contribution in [2.45, 2.75) is 63.4 Å². The lowest BCUT2D eigenvalue weighted by Gasteiger charge is -2.40. The van der Waals surface area contributed by atoms with Gasteiger partial charge < -0.3 is 9.47 Å². The summed E-state index contributed by atoms with van der Waals surface area (Å²) in [6.07, 6.45) is 4.65. The van der Waals surface area contributed by atoms with Gasteiger partial charge in [0.15, 0.2) is 6.16 Å². The van der Waals surface area contributed by atoms with Gasteiger partial charge in [-0.1, -0.05) is 41.5 Å². The SMILES string of the molecule is CCOC(=O)C(C[PH+]=O)(OCC)C(COS(=O)(=O)c1ccc(C)cc1)C1CCCCC1. The fourth-order valence-corrected chi connectivity index (χ4v) is 5.97. The lowest BCUT2D eigenvalue weighted by Crippen LogP contribution is -2.55. The Bertz CT molecular complexity index is 819. The molecular weight excluding hydrogens is 439 g/mol. The maximum atomic E-state index is 13.1. The Balaban J connectivity index is 2.40. The van der Waals surface area contributed by atoms with Crippen molar-refractivity contribution in [3.05, 3.63) is 29.8 Å². The van der Waals surface area contributed by atoms with Gasteiger partial charge in [0.25, 0.3) is 10.1 Å². The first-order chi connectivity index (χ1) is 14.8. The highest BCUT2D eigenvalue weighted by atomic mass is 32.2. The Kier molecular flexibility index (Phi) is 10.1. The summed E-state index contributed by atoms with van der Waals surface area (Å²) in [5.41, 5.74) is -0.566. The predicted octanol–water partition coefficient (Wildman–Crippen LogP) is 4.26. The van der Waals surface area contributed by atoms with Crippen molar-refractivity contribution in [1.29, 1.82) is 0 Å². The molecular formula is C22H34O7PS+. The number of carbonyl (C=O) groups is 1. The molecule has 0 aromatic heterocycles. The summed E-state index contributed by atoms with van der Waals surface area (Å²) < 4.78 is 54.1. The van der Waals surface area contributed by atoms with E-state index in [9.17, 15) is 17.8 Å². The Morgan fingerprint density at radius 2 is 1.77 bits per heavy atom. The number of hydrogen-bond donors (Lipinski definition) is 0. The van der Waals surface area contributed by atoms with Crippen LogP contribution in [0.2, 0.25) is 0 Å². The zero-order valence-electron chi connectivity index (χ0n) is 18.6. The second kappa shape index (κ2) is 12.0. The van der Waals surface area contributed by atoms with Crippen LogP contribution in [0.3, 0.4) is 0 Å². The lowest BCUT2D eigenvalue weighted by molar-refractivity contribution is -0.182. The Morgan fingerprint density at radius 1 is 1.13 bits per heavy atom. The lowest BCUT2D eigenvalue weighted by atomic mass is 9.72. The molecule has 3 atom stereocenters. The number of rotatable bonds is 12. The minimum absolute atomic E-state index is 0.00859. The van der Waals surface area contributed by atoms with Gasteiger partial charge in [0.2, 0.25) is 5.60 Å². The number of carbonyl (C=O) groups excluding carboxylic acids is 1. The normalized spacial score (nSPS) is 18.4. The number of esters is 1. The second-order valence-corrected chi connectivity index (χ2v) is 10.2. The van der Waals surface area contributed by atoms with E-state index in [4.69, 9.17) is 13.7 Å². The summed E-state index contributed by atoms with van der Waals surface area (Å²) in [7, 11) is -4.82. The van der Waals surface area contributed by atoms with Crippen LogP contribution in [0, 0.1) is 18.8 Å². The van der Waals surface area contributed by atoms with Crippen LogP contribution in [0.4, 0.5) is 0 Å². The highest BCUT2D eigenvalue weighted by molar-refractivity contribution is 7.86. The van der Waals surface area contributed by atoms with Gasteiger partial charge in [0.05, 0.1) is 18.1 Å². The van der Waals surface area contributed by atoms with E-state index in [1.165, 1.54) is 12.1 Å². The van der Waals surface area contributed by atoms with Gasteiger partial charge in [0, 0.05) is 12.5 Å². The highest BCUT2D eigenvalue weighted by Gasteiger charge is 2.54. The Hall–Kier alpha value is -1.34. The van der Waals surface area contributed by atoms with Crippen LogP contribution in [0.1, 0.15) is 51.5 Å². The topological polar surface area (TPSA) is 96.0 Å². The summed E-state index contributed by atoms with van der Waals surface area (Å²) in [4.78, 5) is 13.1. The molecule has 2 rings (SSSR count). The highest BCUT2D eigenvalue weighted by Crippen LogP contribution is 2.41. The molecule has 174 valence electrons. The summed E-state index contributed by atoms with van der Waals surface area (Å²) >= 11 is 0. The molecule has 0 spiro atoms. The van der Waals surface area contributed by atoms with Crippen molar-refractivity contribution in [1.82, 2.24) is 0 Å². The monoisotopic (exact) mass is 473 g/mol. The van der Waals surface area contributed by atoms with Crippen LogP contribution < -0.4 is 0 Å². The third-order valence-electron chi connectivity index (χ3n) is 5.89. The molecule has 3 unspecified atom stereocenters. The van der Waals surface area contributed by atoms with Gasteiger partial charge in [-0.2, -0.15) is 8.42 Å². The average Bonchev–Trinajstić information content (AvgIpc) is 2.75. The Morgan fingerprint density at radius 3 is 2.32 bits per heavy atom. The van der Waals surface area contributed by atoms with Crippen LogP contribution in [0.15, 0.2) is 29.2 Å². The first-order valence-corrected chi connectivity index (χ1v) is 13.4. The van der Waals surface area contributed by atoms with Crippen LogP contribution in [0.5, 0.6) is 0 Å². The molecule has 1 saturated carbocycles. The van der Waals surface area contributed by atoms with Gasteiger partial charge in [-0.05, 0) is 51.7 Å². The molecule has 31 heavy (non-hydrogen) atoms. The fraction of sp³-hybridized carbons (Fsp3) is 0.682. The molecule has 0 heterocycles. The molecule has 7 nitrogen and oxygen atoms in total. The smallest absolute Gasteiger partial charge is 0.343 e. The van der Waals surface area contributed by atoms with E-state index >= 15 is 0 Å². The van der Waals surface area contributed by atoms with Crippen LogP contribution in [-0.2, 0) is 33.1 Å². The summed E-state index contributed by atoms with van der Waals surface area (Å²) in [5.74, 6) is -1.19. The maximum Gasteiger partial charge on any atom is 0.343 e. The zero-order valence-corrected chi connectivity index (χ0v) is 20.4. The van der Waals surface area contributed by atoms with Crippen molar-refractivity contribution in [2.24, 2.45) is 11.8 Å². The van der Waals surface area contributed by atoms with Gasteiger partial charge in [0.1, 0.15) is 0 Å². The number of ether oxygens (including phenoxy) is 2. The molecule has 1 fully saturated rings. The fourth-order valence-electron chi connectivity index (χ4n) is 4.31. The molecule has 1 aliphatic rings. The summed E-state index contributed by atoms with van der Waals surface area (Å²) in [6, 6.07) is 6.41. The molecule has 1 aromatic carbocycles. The summed E-state index contributed by atoms with van der Waals surface area (Å²) in [6.45, 7) is 5.44. The molecule has 0 bridgehead atoms. The van der Waals surface area contributed by atoms with E-state index in [0.717, 1.165) is 37.7 Å².